The van der Waals surface area contributed by atoms with Gasteiger partial charge < -0.3 is 4.74 Å². The van der Waals surface area contributed by atoms with Crippen LogP contribution in [0.5, 0.6) is 0 Å². The summed E-state index contributed by atoms with van der Waals surface area (Å²) in [4.78, 5) is 0. The molecule has 0 saturated heterocycles. The van der Waals surface area contributed by atoms with E-state index in [0.717, 1.165) is 12.8 Å². The molecule has 2 atom stereocenters. The first-order valence-corrected chi connectivity index (χ1v) is 24.2. The highest BCUT2D eigenvalue weighted by Gasteiger charge is 2.20. The fourth-order valence-electron chi connectivity index (χ4n) is 8.66. The smallest absolute Gasteiger partial charge is 0.0833 e. The quantitative estimate of drug-likeness (QED) is 0.0419. The SMILES string of the molecule is c1ccc(CCCCCCCCCCCCCCCC(OC(CCCCCCCCCCCCCCCc2ccccc2)c2ccccc2)c2ccccc2)cc1. The molecule has 0 saturated carbocycles. The summed E-state index contributed by atoms with van der Waals surface area (Å²) in [6.07, 6.45) is 41.0. The van der Waals surface area contributed by atoms with Gasteiger partial charge in [-0.3, -0.25) is 0 Å². The molecule has 0 aliphatic carbocycles. The van der Waals surface area contributed by atoms with Gasteiger partial charge in [-0.05, 0) is 60.8 Å². The Hall–Kier alpha value is -3.16. The van der Waals surface area contributed by atoms with Crippen LogP contribution in [0.4, 0.5) is 0 Å². The molecule has 57 heavy (non-hydrogen) atoms. The summed E-state index contributed by atoms with van der Waals surface area (Å²) in [6.45, 7) is 0. The van der Waals surface area contributed by atoms with E-state index >= 15 is 0 Å². The van der Waals surface area contributed by atoms with Crippen LogP contribution in [0.25, 0.3) is 0 Å². The summed E-state index contributed by atoms with van der Waals surface area (Å²) < 4.78 is 7.09. The Morgan fingerprint density at radius 2 is 0.474 bits per heavy atom. The van der Waals surface area contributed by atoms with E-state index < -0.39 is 0 Å². The van der Waals surface area contributed by atoms with Crippen LogP contribution < -0.4 is 0 Å². The van der Waals surface area contributed by atoms with Gasteiger partial charge in [-0.15, -0.1) is 0 Å². The van der Waals surface area contributed by atoms with Gasteiger partial charge in [0.05, 0.1) is 12.2 Å². The molecule has 1 heteroatoms. The van der Waals surface area contributed by atoms with Gasteiger partial charge in [0.25, 0.3) is 0 Å². The molecule has 2 unspecified atom stereocenters. The lowest BCUT2D eigenvalue weighted by Gasteiger charge is -2.26. The van der Waals surface area contributed by atoms with Gasteiger partial charge in [0.2, 0.25) is 0 Å². The van der Waals surface area contributed by atoms with E-state index in [0.29, 0.717) is 0 Å². The summed E-state index contributed by atoms with van der Waals surface area (Å²) >= 11 is 0. The normalized spacial score (nSPS) is 12.5. The largest absolute Gasteiger partial charge is 0.366 e. The highest BCUT2D eigenvalue weighted by atomic mass is 16.5. The van der Waals surface area contributed by atoms with E-state index in [2.05, 4.69) is 121 Å². The molecular formula is C56H82O. The van der Waals surface area contributed by atoms with Crippen LogP contribution in [0, 0.1) is 0 Å². The average Bonchev–Trinajstić information content (AvgIpc) is 3.26. The Labute approximate surface area is 351 Å². The first-order chi connectivity index (χ1) is 28.4. The maximum absolute atomic E-state index is 7.09. The van der Waals surface area contributed by atoms with Crippen LogP contribution in [-0.2, 0) is 17.6 Å². The van der Waals surface area contributed by atoms with Crippen LogP contribution in [0.15, 0.2) is 121 Å². The summed E-state index contributed by atoms with van der Waals surface area (Å²) in [6, 6.07) is 44.1. The Kier molecular flexibility index (Phi) is 26.7. The molecule has 0 radical (unpaired) electrons. The molecule has 0 fully saturated rings. The van der Waals surface area contributed by atoms with Crippen LogP contribution in [0.1, 0.15) is 214 Å². The Bertz CT molecular complexity index is 1310. The van der Waals surface area contributed by atoms with Crippen molar-refractivity contribution in [2.45, 2.75) is 205 Å². The molecular weight excluding hydrogens is 689 g/mol. The summed E-state index contributed by atoms with van der Waals surface area (Å²) in [7, 11) is 0. The van der Waals surface area contributed by atoms with Crippen molar-refractivity contribution in [3.05, 3.63) is 144 Å². The van der Waals surface area contributed by atoms with Gasteiger partial charge in [-0.1, -0.05) is 275 Å². The predicted octanol–water partition coefficient (Wildman–Crippen LogP) is 17.9. The molecule has 0 aliphatic heterocycles. The van der Waals surface area contributed by atoms with Gasteiger partial charge >= 0.3 is 0 Å². The zero-order chi connectivity index (χ0) is 39.5. The fourth-order valence-corrected chi connectivity index (χ4v) is 8.66. The molecule has 0 spiro atoms. The first kappa shape index (κ1) is 46.5. The molecule has 4 aromatic carbocycles. The number of hydrogen-bond donors (Lipinski definition) is 0. The summed E-state index contributed by atoms with van der Waals surface area (Å²) in [5.41, 5.74) is 5.68. The van der Waals surface area contributed by atoms with Crippen molar-refractivity contribution in [2.75, 3.05) is 0 Å². The third kappa shape index (κ3) is 23.1. The molecule has 0 heterocycles. The Morgan fingerprint density at radius 3 is 0.754 bits per heavy atom. The fraction of sp³-hybridized carbons (Fsp3) is 0.571. The second kappa shape index (κ2) is 32.8. The monoisotopic (exact) mass is 771 g/mol. The van der Waals surface area contributed by atoms with Crippen LogP contribution in [-0.4, -0.2) is 0 Å². The first-order valence-electron chi connectivity index (χ1n) is 24.2. The number of rotatable bonds is 36. The van der Waals surface area contributed by atoms with E-state index in [1.165, 1.54) is 202 Å². The van der Waals surface area contributed by atoms with Crippen molar-refractivity contribution in [1.82, 2.24) is 0 Å². The highest BCUT2D eigenvalue weighted by molar-refractivity contribution is 5.20. The van der Waals surface area contributed by atoms with Crippen molar-refractivity contribution in [1.29, 1.82) is 0 Å². The number of aryl methyl sites for hydroxylation is 2. The van der Waals surface area contributed by atoms with Gasteiger partial charge in [0.15, 0.2) is 0 Å². The standard InChI is InChI=1S/C56H82O/c1(3-7-11-15-19-27-39-51-41-29-23-30-42-51)5-9-13-17-21-37-49-55(53-45-33-25-34-46-53)57-56(54-47-35-26-36-48-54)50-38-22-18-14-10-6-2-4-8-12-16-20-28-40-52-43-31-24-32-44-52/h23-26,29-36,41-48,55-56H,1-22,27-28,37-40,49-50H2. The lowest BCUT2D eigenvalue weighted by atomic mass is 9.98. The van der Waals surface area contributed by atoms with E-state index in [9.17, 15) is 0 Å². The average molecular weight is 771 g/mol. The van der Waals surface area contributed by atoms with E-state index in [1.54, 1.807) is 0 Å². The van der Waals surface area contributed by atoms with E-state index in [1.807, 2.05) is 0 Å². The maximum atomic E-state index is 7.09. The molecule has 0 bridgehead atoms. The van der Waals surface area contributed by atoms with Gasteiger partial charge in [0.1, 0.15) is 0 Å². The number of hydrogen-bond acceptors (Lipinski definition) is 1. The number of unbranched alkanes of at least 4 members (excludes halogenated alkanes) is 24. The van der Waals surface area contributed by atoms with Gasteiger partial charge in [0, 0.05) is 0 Å². The number of ether oxygens (including phenoxy) is 1. The van der Waals surface area contributed by atoms with Gasteiger partial charge in [-0.25, -0.2) is 0 Å². The zero-order valence-electron chi connectivity index (χ0n) is 36.3. The van der Waals surface area contributed by atoms with Crippen LogP contribution in [0.3, 0.4) is 0 Å². The second-order valence-corrected chi connectivity index (χ2v) is 17.2. The van der Waals surface area contributed by atoms with Crippen molar-refractivity contribution < 1.29 is 4.74 Å². The van der Waals surface area contributed by atoms with Crippen LogP contribution in [0.2, 0.25) is 0 Å². The highest BCUT2D eigenvalue weighted by Crippen LogP contribution is 2.34. The van der Waals surface area contributed by atoms with Crippen LogP contribution >= 0.6 is 0 Å². The molecule has 4 aromatic rings. The Morgan fingerprint density at radius 1 is 0.246 bits per heavy atom. The van der Waals surface area contributed by atoms with Gasteiger partial charge in [-0.2, -0.15) is 0 Å². The van der Waals surface area contributed by atoms with Crippen molar-refractivity contribution in [2.24, 2.45) is 0 Å². The van der Waals surface area contributed by atoms with E-state index in [4.69, 9.17) is 4.74 Å². The number of benzene rings is 4. The maximum Gasteiger partial charge on any atom is 0.0833 e. The molecule has 0 aliphatic rings. The minimum atomic E-state index is 0.170. The molecule has 1 nitrogen and oxygen atoms in total. The van der Waals surface area contributed by atoms with Crippen molar-refractivity contribution in [3.63, 3.8) is 0 Å². The molecule has 4 rings (SSSR count). The third-order valence-corrected chi connectivity index (χ3v) is 12.2. The Balaban J connectivity index is 1.01. The van der Waals surface area contributed by atoms with E-state index in [-0.39, 0.29) is 12.2 Å². The minimum absolute atomic E-state index is 0.170. The minimum Gasteiger partial charge on any atom is -0.366 e. The zero-order valence-corrected chi connectivity index (χ0v) is 36.3. The predicted molar refractivity (Wildman–Crippen MR) is 249 cm³/mol. The molecule has 0 N–H and O–H groups in total. The molecule has 312 valence electrons. The van der Waals surface area contributed by atoms with Crippen molar-refractivity contribution in [3.8, 4) is 0 Å². The topological polar surface area (TPSA) is 9.23 Å². The third-order valence-electron chi connectivity index (χ3n) is 12.2. The lowest BCUT2D eigenvalue weighted by Crippen LogP contribution is -2.11. The second-order valence-electron chi connectivity index (χ2n) is 17.2. The summed E-state index contributed by atoms with van der Waals surface area (Å²) in [5, 5.41) is 0. The summed E-state index contributed by atoms with van der Waals surface area (Å²) in [5.74, 6) is 0. The lowest BCUT2D eigenvalue weighted by molar-refractivity contribution is -0.0264. The molecule has 0 aromatic heterocycles. The van der Waals surface area contributed by atoms with Crippen molar-refractivity contribution >= 4 is 0 Å². The molecule has 0 amide bonds.